The maximum Gasteiger partial charge on any atom is 0.408 e. The molecular weight excluding hydrogens is 246 g/mol. The van der Waals surface area contributed by atoms with E-state index in [4.69, 9.17) is 9.47 Å². The van der Waals surface area contributed by atoms with Crippen molar-refractivity contribution in [1.29, 1.82) is 0 Å². The minimum Gasteiger partial charge on any atom is -0.458 e. The summed E-state index contributed by atoms with van der Waals surface area (Å²) in [5.41, 5.74) is -0.501. The van der Waals surface area contributed by atoms with Gasteiger partial charge in [-0.25, -0.2) is 4.79 Å². The molecule has 5 nitrogen and oxygen atoms in total. The number of esters is 1. The van der Waals surface area contributed by atoms with Crippen LogP contribution in [0.15, 0.2) is 12.2 Å². The Balaban J connectivity index is 2.47. The van der Waals surface area contributed by atoms with E-state index in [1.165, 1.54) is 6.92 Å². The Morgan fingerprint density at radius 3 is 2.47 bits per heavy atom. The van der Waals surface area contributed by atoms with E-state index < -0.39 is 11.7 Å². The van der Waals surface area contributed by atoms with Gasteiger partial charge in [0.2, 0.25) is 0 Å². The van der Waals surface area contributed by atoms with E-state index in [2.05, 4.69) is 5.32 Å². The molecule has 0 aliphatic heterocycles. The van der Waals surface area contributed by atoms with Gasteiger partial charge in [0.25, 0.3) is 0 Å². The third-order valence-corrected chi connectivity index (χ3v) is 2.58. The average Bonchev–Trinajstić information content (AvgIpc) is 2.40. The van der Waals surface area contributed by atoms with Gasteiger partial charge in [-0.15, -0.1) is 0 Å². The Morgan fingerprint density at radius 2 is 1.89 bits per heavy atom. The van der Waals surface area contributed by atoms with Gasteiger partial charge in [-0.05, 0) is 46.1 Å². The summed E-state index contributed by atoms with van der Waals surface area (Å²) in [5.74, 6) is -0.284. The van der Waals surface area contributed by atoms with Gasteiger partial charge in [0.15, 0.2) is 0 Å². The zero-order valence-corrected chi connectivity index (χ0v) is 12.1. The normalized spacial score (nSPS) is 23.4. The van der Waals surface area contributed by atoms with Crippen molar-refractivity contribution in [2.45, 2.75) is 64.7 Å². The van der Waals surface area contributed by atoms with Gasteiger partial charge >= 0.3 is 12.1 Å². The highest BCUT2D eigenvalue weighted by Gasteiger charge is 2.20. The van der Waals surface area contributed by atoms with Crippen LogP contribution >= 0.6 is 0 Å². The van der Waals surface area contributed by atoms with E-state index in [9.17, 15) is 9.59 Å². The average molecular weight is 269 g/mol. The molecule has 5 heteroatoms. The smallest absolute Gasteiger partial charge is 0.408 e. The van der Waals surface area contributed by atoms with Crippen molar-refractivity contribution in [2.24, 2.45) is 0 Å². The lowest BCUT2D eigenvalue weighted by atomic mass is 10.1. The Bertz CT molecular complexity index is 357. The molecule has 0 radical (unpaired) electrons. The predicted molar refractivity (Wildman–Crippen MR) is 71.7 cm³/mol. The molecule has 0 saturated heterocycles. The summed E-state index contributed by atoms with van der Waals surface area (Å²) in [4.78, 5) is 22.5. The van der Waals surface area contributed by atoms with Gasteiger partial charge in [0, 0.05) is 6.92 Å². The zero-order valence-electron chi connectivity index (χ0n) is 12.1. The zero-order chi connectivity index (χ0) is 14.5. The lowest BCUT2D eigenvalue weighted by Crippen LogP contribution is -2.38. The molecule has 0 aromatic carbocycles. The topological polar surface area (TPSA) is 64.6 Å². The largest absolute Gasteiger partial charge is 0.458 e. The maximum atomic E-state index is 11.6. The van der Waals surface area contributed by atoms with E-state index in [-0.39, 0.29) is 18.1 Å². The highest BCUT2D eigenvalue weighted by Crippen LogP contribution is 2.15. The van der Waals surface area contributed by atoms with Crippen LogP contribution in [0.4, 0.5) is 4.79 Å². The molecule has 1 aliphatic carbocycles. The number of rotatable bonds is 2. The Kier molecular flexibility index (Phi) is 5.39. The second kappa shape index (κ2) is 6.59. The molecule has 0 bridgehead atoms. The number of carbonyl (C=O) groups is 2. The first kappa shape index (κ1) is 15.5. The number of ether oxygens (including phenoxy) is 2. The van der Waals surface area contributed by atoms with E-state index in [0.29, 0.717) is 0 Å². The van der Waals surface area contributed by atoms with Crippen molar-refractivity contribution in [3.8, 4) is 0 Å². The summed E-state index contributed by atoms with van der Waals surface area (Å²) >= 11 is 0. The second-order valence-electron chi connectivity index (χ2n) is 5.72. The fourth-order valence-electron chi connectivity index (χ4n) is 1.88. The molecule has 1 aliphatic rings. The highest BCUT2D eigenvalue weighted by atomic mass is 16.6. The van der Waals surface area contributed by atoms with Crippen LogP contribution in [0.1, 0.15) is 47.0 Å². The number of nitrogens with one attached hydrogen (secondary N) is 1. The lowest BCUT2D eigenvalue weighted by Gasteiger charge is -2.21. The summed E-state index contributed by atoms with van der Waals surface area (Å²) in [7, 11) is 0. The molecule has 0 heterocycles. The number of carbonyl (C=O) groups excluding carboxylic acids is 2. The lowest BCUT2D eigenvalue weighted by molar-refractivity contribution is -0.144. The first-order valence-corrected chi connectivity index (χ1v) is 6.61. The van der Waals surface area contributed by atoms with Gasteiger partial charge in [-0.3, -0.25) is 4.79 Å². The molecule has 0 unspecified atom stereocenters. The summed E-state index contributed by atoms with van der Waals surface area (Å²) in [6.45, 7) is 6.87. The summed E-state index contributed by atoms with van der Waals surface area (Å²) in [5, 5.41) is 2.80. The summed E-state index contributed by atoms with van der Waals surface area (Å²) < 4.78 is 10.3. The van der Waals surface area contributed by atoms with Crippen molar-refractivity contribution in [3.05, 3.63) is 12.2 Å². The molecule has 0 saturated carbocycles. The van der Waals surface area contributed by atoms with Gasteiger partial charge in [0.05, 0.1) is 6.04 Å². The van der Waals surface area contributed by atoms with Crippen LogP contribution in [-0.4, -0.2) is 29.8 Å². The Morgan fingerprint density at radius 1 is 1.21 bits per heavy atom. The highest BCUT2D eigenvalue weighted by molar-refractivity contribution is 5.68. The SMILES string of the molecule is CC(=O)O[C@H]1C=C[C@@H](NC(=O)OC(C)(C)C)CCC1. The van der Waals surface area contributed by atoms with Crippen LogP contribution in [0.5, 0.6) is 0 Å². The molecule has 0 aromatic rings. The van der Waals surface area contributed by atoms with Crippen molar-refractivity contribution < 1.29 is 19.1 Å². The molecule has 2 atom stereocenters. The predicted octanol–water partition coefficient (Wildman–Crippen LogP) is 2.55. The fourth-order valence-corrected chi connectivity index (χ4v) is 1.88. The van der Waals surface area contributed by atoms with Gasteiger partial charge in [-0.1, -0.05) is 6.08 Å². The van der Waals surface area contributed by atoms with Crippen LogP contribution in [0, 0.1) is 0 Å². The number of hydrogen-bond donors (Lipinski definition) is 1. The van der Waals surface area contributed by atoms with Gasteiger partial charge < -0.3 is 14.8 Å². The maximum absolute atomic E-state index is 11.6. The van der Waals surface area contributed by atoms with Crippen LogP contribution in [-0.2, 0) is 14.3 Å². The van der Waals surface area contributed by atoms with Crippen molar-refractivity contribution in [2.75, 3.05) is 0 Å². The minimum atomic E-state index is -0.501. The van der Waals surface area contributed by atoms with Crippen LogP contribution in [0.3, 0.4) is 0 Å². The monoisotopic (exact) mass is 269 g/mol. The number of amides is 1. The van der Waals surface area contributed by atoms with E-state index in [1.54, 1.807) is 0 Å². The quantitative estimate of drug-likeness (QED) is 0.618. The molecule has 0 spiro atoms. The second-order valence-corrected chi connectivity index (χ2v) is 5.72. The Labute approximate surface area is 114 Å². The third kappa shape index (κ3) is 6.84. The van der Waals surface area contributed by atoms with Crippen LogP contribution in [0.2, 0.25) is 0 Å². The number of alkyl carbamates (subject to hydrolysis) is 1. The first-order valence-electron chi connectivity index (χ1n) is 6.61. The molecule has 0 fully saturated rings. The van der Waals surface area contributed by atoms with E-state index in [0.717, 1.165) is 19.3 Å². The molecule has 0 aromatic heterocycles. The first-order chi connectivity index (χ1) is 8.76. The summed E-state index contributed by atoms with van der Waals surface area (Å²) in [6.07, 6.45) is 5.55. The molecule has 19 heavy (non-hydrogen) atoms. The standard InChI is InChI=1S/C14H23NO4/c1-10(16)18-12-7-5-6-11(8-9-12)15-13(17)19-14(2,3)4/h8-9,11-12H,5-7H2,1-4H3,(H,15,17)/t11-,12+/m0/s1. The number of hydrogen-bond acceptors (Lipinski definition) is 4. The van der Waals surface area contributed by atoms with Gasteiger partial charge in [-0.2, -0.15) is 0 Å². The van der Waals surface area contributed by atoms with E-state index >= 15 is 0 Å². The molecular formula is C14H23NO4. The summed E-state index contributed by atoms with van der Waals surface area (Å²) in [6, 6.07) is -0.0737. The Hall–Kier alpha value is -1.52. The van der Waals surface area contributed by atoms with Crippen molar-refractivity contribution >= 4 is 12.1 Å². The molecule has 1 amide bonds. The molecule has 1 rings (SSSR count). The minimum absolute atomic E-state index is 0.0737. The molecule has 108 valence electrons. The van der Waals surface area contributed by atoms with Crippen LogP contribution < -0.4 is 5.32 Å². The van der Waals surface area contributed by atoms with Gasteiger partial charge in [0.1, 0.15) is 11.7 Å². The molecule has 1 N–H and O–H groups in total. The van der Waals surface area contributed by atoms with Crippen molar-refractivity contribution in [3.63, 3.8) is 0 Å². The fraction of sp³-hybridized carbons (Fsp3) is 0.714. The third-order valence-electron chi connectivity index (χ3n) is 2.58. The van der Waals surface area contributed by atoms with E-state index in [1.807, 2.05) is 32.9 Å². The van der Waals surface area contributed by atoms with Crippen LogP contribution in [0.25, 0.3) is 0 Å². The van der Waals surface area contributed by atoms with Crippen molar-refractivity contribution in [1.82, 2.24) is 5.32 Å².